The molecule has 0 spiro atoms. The summed E-state index contributed by atoms with van der Waals surface area (Å²) in [4.78, 5) is 12.5. The average Bonchev–Trinajstić information content (AvgIpc) is 2.67. The van der Waals surface area contributed by atoms with Gasteiger partial charge in [-0.3, -0.25) is 13.9 Å². The smallest absolute Gasteiger partial charge is 0.253 e. The Morgan fingerprint density at radius 2 is 1.90 bits per heavy atom. The van der Waals surface area contributed by atoms with Crippen LogP contribution in [0.15, 0.2) is 40.2 Å². The van der Waals surface area contributed by atoms with Crippen LogP contribution in [-0.4, -0.2) is 31.4 Å². The van der Waals surface area contributed by atoms with Gasteiger partial charge in [0.25, 0.3) is 5.56 Å². The third kappa shape index (κ3) is 4.82. The molecule has 0 radical (unpaired) electrons. The number of alkyl halides is 2. The van der Waals surface area contributed by atoms with Crippen molar-refractivity contribution in [2.24, 2.45) is 7.05 Å². The van der Waals surface area contributed by atoms with Crippen LogP contribution in [0.3, 0.4) is 0 Å². The van der Waals surface area contributed by atoms with Gasteiger partial charge in [0.2, 0.25) is 5.92 Å². The predicted octanol–water partition coefficient (Wildman–Crippen LogP) is 5.48. The van der Waals surface area contributed by atoms with Crippen molar-refractivity contribution in [2.75, 3.05) is 11.1 Å². The maximum absolute atomic E-state index is 13.5. The van der Waals surface area contributed by atoms with Gasteiger partial charge in [0.15, 0.2) is 0 Å². The molecular weight excluding hydrogens is 398 g/mol. The Balaban J connectivity index is 2.03. The van der Waals surface area contributed by atoms with Crippen LogP contribution >= 0.6 is 10.6 Å². The lowest BCUT2D eigenvalue weighted by Crippen LogP contribution is -2.32. The zero-order valence-corrected chi connectivity index (χ0v) is 17.7. The van der Waals surface area contributed by atoms with E-state index in [1.54, 1.807) is 51.4 Å². The highest BCUT2D eigenvalue weighted by molar-refractivity contribution is 8.24. The summed E-state index contributed by atoms with van der Waals surface area (Å²) in [7, 11) is -1.25. The van der Waals surface area contributed by atoms with Gasteiger partial charge >= 0.3 is 0 Å². The van der Waals surface area contributed by atoms with E-state index in [1.165, 1.54) is 4.57 Å². The molecular formula is C21H28F2N2O3S. The van der Waals surface area contributed by atoms with Crippen LogP contribution in [0.2, 0.25) is 0 Å². The molecule has 1 heterocycles. The first-order valence-electron chi connectivity index (χ1n) is 9.74. The Morgan fingerprint density at radius 1 is 1.24 bits per heavy atom. The number of anilines is 1. The van der Waals surface area contributed by atoms with Crippen LogP contribution < -0.4 is 10.9 Å². The lowest BCUT2D eigenvalue weighted by molar-refractivity contribution is -0.0360. The molecule has 8 heteroatoms. The average molecular weight is 427 g/mol. The molecule has 1 aromatic heterocycles. The normalized spacial score (nSPS) is 17.9. The van der Waals surface area contributed by atoms with E-state index >= 15 is 0 Å². The first kappa shape index (κ1) is 21.8. The molecule has 1 fully saturated rings. The number of halogens is 2. The molecule has 0 atom stereocenters. The van der Waals surface area contributed by atoms with E-state index in [-0.39, 0.29) is 30.2 Å². The van der Waals surface area contributed by atoms with E-state index in [1.807, 2.05) is 0 Å². The Kier molecular flexibility index (Phi) is 6.08. The van der Waals surface area contributed by atoms with Gasteiger partial charge in [0, 0.05) is 60.3 Å². The van der Waals surface area contributed by atoms with Crippen molar-refractivity contribution in [1.29, 1.82) is 0 Å². The number of rotatable bonds is 5. The topological polar surface area (TPSA) is 74.5 Å². The van der Waals surface area contributed by atoms with E-state index in [9.17, 15) is 22.7 Å². The van der Waals surface area contributed by atoms with Crippen molar-refractivity contribution in [3.05, 3.63) is 46.4 Å². The van der Waals surface area contributed by atoms with Crippen LogP contribution in [0.1, 0.15) is 38.2 Å². The second kappa shape index (κ2) is 8.08. The lowest BCUT2D eigenvalue weighted by atomic mass is 9.91. The van der Waals surface area contributed by atoms with E-state index < -0.39 is 16.5 Å². The van der Waals surface area contributed by atoms with Crippen molar-refractivity contribution >= 4 is 16.3 Å². The number of benzene rings is 1. The third-order valence-electron chi connectivity index (χ3n) is 5.52. The summed E-state index contributed by atoms with van der Waals surface area (Å²) in [6.07, 6.45) is 2.14. The number of hydrogen-bond donors (Lipinski definition) is 3. The number of nitrogens with one attached hydrogen (secondary N) is 1. The zero-order chi connectivity index (χ0) is 21.4. The van der Waals surface area contributed by atoms with Crippen molar-refractivity contribution in [1.82, 2.24) is 4.57 Å². The van der Waals surface area contributed by atoms with Crippen molar-refractivity contribution in [3.63, 3.8) is 0 Å². The summed E-state index contributed by atoms with van der Waals surface area (Å²) in [6.45, 7) is 3.44. The van der Waals surface area contributed by atoms with Gasteiger partial charge in [0.05, 0.1) is 4.90 Å². The second-order valence-electron chi connectivity index (χ2n) is 7.77. The molecule has 160 valence electrons. The van der Waals surface area contributed by atoms with Crippen molar-refractivity contribution in [3.8, 4) is 11.1 Å². The summed E-state index contributed by atoms with van der Waals surface area (Å²) >= 11 is 0. The maximum atomic E-state index is 13.5. The predicted molar refractivity (Wildman–Crippen MR) is 114 cm³/mol. The minimum absolute atomic E-state index is 0.0839. The van der Waals surface area contributed by atoms with Crippen molar-refractivity contribution < 1.29 is 17.9 Å². The molecule has 1 aromatic carbocycles. The van der Waals surface area contributed by atoms with Crippen LogP contribution in [0.4, 0.5) is 14.5 Å². The summed E-state index contributed by atoms with van der Waals surface area (Å²) < 4.78 is 49.2. The van der Waals surface area contributed by atoms with Crippen LogP contribution in [0.5, 0.6) is 0 Å². The first-order valence-corrected chi connectivity index (χ1v) is 11.5. The van der Waals surface area contributed by atoms with Crippen LogP contribution in [0, 0.1) is 6.92 Å². The molecule has 2 aromatic rings. The minimum Gasteiger partial charge on any atom is -0.382 e. The van der Waals surface area contributed by atoms with E-state index in [0.29, 0.717) is 28.9 Å². The maximum Gasteiger partial charge on any atom is 0.253 e. The SMILES string of the molecule is CCS(O)(O)c1ccc(NC2CCC(F)(F)CC2)c(-c2cc(C)c(=O)n(C)c2)c1. The molecule has 3 rings (SSSR count). The van der Waals surface area contributed by atoms with Gasteiger partial charge in [-0.1, -0.05) is 0 Å². The molecule has 5 nitrogen and oxygen atoms in total. The molecule has 3 N–H and O–H groups in total. The van der Waals surface area contributed by atoms with Gasteiger partial charge < -0.3 is 9.88 Å². The molecule has 0 aliphatic heterocycles. The fraction of sp³-hybridized carbons (Fsp3) is 0.476. The lowest BCUT2D eigenvalue weighted by Gasteiger charge is -2.33. The summed E-state index contributed by atoms with van der Waals surface area (Å²) in [5.74, 6) is -2.40. The highest BCUT2D eigenvalue weighted by atomic mass is 32.3. The summed E-state index contributed by atoms with van der Waals surface area (Å²) in [6, 6.07) is 6.83. The quantitative estimate of drug-likeness (QED) is 0.592. The molecule has 1 saturated carbocycles. The van der Waals surface area contributed by atoms with Gasteiger partial charge in [-0.25, -0.2) is 8.78 Å². The number of nitrogens with zero attached hydrogens (tertiary/aromatic N) is 1. The van der Waals surface area contributed by atoms with Gasteiger partial charge in [-0.15, -0.1) is 0 Å². The summed E-state index contributed by atoms with van der Waals surface area (Å²) in [5.41, 5.74) is 2.66. The Bertz CT molecular complexity index is 923. The van der Waals surface area contributed by atoms with E-state index in [0.717, 1.165) is 11.3 Å². The Labute approximate surface area is 171 Å². The molecule has 0 saturated heterocycles. The second-order valence-corrected chi connectivity index (χ2v) is 10.1. The fourth-order valence-electron chi connectivity index (χ4n) is 3.69. The van der Waals surface area contributed by atoms with E-state index in [4.69, 9.17) is 0 Å². The number of hydrogen-bond acceptors (Lipinski definition) is 4. The zero-order valence-electron chi connectivity index (χ0n) is 16.9. The summed E-state index contributed by atoms with van der Waals surface area (Å²) in [5, 5.41) is 3.36. The van der Waals surface area contributed by atoms with Crippen LogP contribution in [0.25, 0.3) is 11.1 Å². The molecule has 0 unspecified atom stereocenters. The van der Waals surface area contributed by atoms with Gasteiger partial charge in [-0.2, -0.15) is 10.6 Å². The molecule has 1 aliphatic carbocycles. The van der Waals surface area contributed by atoms with Gasteiger partial charge in [-0.05, 0) is 51.0 Å². The monoisotopic (exact) mass is 426 g/mol. The number of pyridine rings is 1. The standard InChI is InChI=1S/C21H28F2N2O3S/c1-4-29(27,28)17-5-6-19(24-16-7-9-21(22,23)10-8-16)18(12-17)15-11-14(2)20(26)25(3)13-15/h5-6,11-13,16,24,27-28H,4,7-10H2,1-3H3. The highest BCUT2D eigenvalue weighted by Crippen LogP contribution is 2.49. The largest absolute Gasteiger partial charge is 0.382 e. The van der Waals surface area contributed by atoms with Gasteiger partial charge in [0.1, 0.15) is 0 Å². The number of aromatic nitrogens is 1. The third-order valence-corrected chi connectivity index (χ3v) is 7.34. The molecule has 0 amide bonds. The number of aryl methyl sites for hydroxylation is 2. The molecule has 0 bridgehead atoms. The van der Waals surface area contributed by atoms with Crippen LogP contribution in [-0.2, 0) is 7.05 Å². The molecule has 1 aliphatic rings. The fourth-order valence-corrected chi connectivity index (χ4v) is 4.61. The minimum atomic E-state index is -2.92. The van der Waals surface area contributed by atoms with E-state index in [2.05, 4.69) is 5.32 Å². The van der Waals surface area contributed by atoms with Crippen molar-refractivity contribution in [2.45, 2.75) is 56.4 Å². The molecule has 29 heavy (non-hydrogen) atoms. The Morgan fingerprint density at radius 3 is 2.48 bits per heavy atom. The highest BCUT2D eigenvalue weighted by Gasteiger charge is 2.35. The Hall–Kier alpha value is -1.90. The first-order chi connectivity index (χ1) is 13.5.